The van der Waals surface area contributed by atoms with Crippen LogP contribution in [0.25, 0.3) is 11.4 Å². The van der Waals surface area contributed by atoms with E-state index in [2.05, 4.69) is 55.8 Å². The van der Waals surface area contributed by atoms with Gasteiger partial charge in [0.05, 0.1) is 28.6 Å². The van der Waals surface area contributed by atoms with Crippen molar-refractivity contribution < 1.29 is 106 Å². The number of alkyl halides is 4. The summed E-state index contributed by atoms with van der Waals surface area (Å²) in [6.45, 7) is 7.90. The van der Waals surface area contributed by atoms with E-state index in [4.69, 9.17) is 10.3 Å². The molecule has 2 saturated heterocycles. The van der Waals surface area contributed by atoms with Gasteiger partial charge < -0.3 is 35.9 Å². The summed E-state index contributed by atoms with van der Waals surface area (Å²) in [5.74, 6) is -8.49. The van der Waals surface area contributed by atoms with Crippen molar-refractivity contribution in [2.24, 2.45) is 10.3 Å². The number of likely N-dealkylation sites (tertiary alicyclic amines) is 1. The molecule has 31 heteroatoms. The Balaban J connectivity index is 0.000000404. The van der Waals surface area contributed by atoms with Crippen LogP contribution in [0.3, 0.4) is 0 Å². The number of hydrogen-bond donors (Lipinski definition) is 3. The number of nitrogens with zero attached hydrogens (tertiary/aromatic N) is 5. The normalized spacial score (nSPS) is 13.9. The molecule has 81 heavy (non-hydrogen) atoms. The van der Waals surface area contributed by atoms with E-state index < -0.39 is 61.4 Å². The van der Waals surface area contributed by atoms with Crippen molar-refractivity contribution in [3.63, 3.8) is 0 Å². The summed E-state index contributed by atoms with van der Waals surface area (Å²) < 4.78 is 132. The van der Waals surface area contributed by atoms with Crippen molar-refractivity contribution in [1.29, 1.82) is 0 Å². The topological polar surface area (TPSA) is 267 Å². The van der Waals surface area contributed by atoms with Crippen LogP contribution in [0.4, 0.5) is 26.3 Å². The first-order valence-electron chi connectivity index (χ1n) is 23.5. The van der Waals surface area contributed by atoms with Gasteiger partial charge in [-0.3, -0.25) is 14.5 Å². The first-order chi connectivity index (χ1) is 37.4. The van der Waals surface area contributed by atoms with Gasteiger partial charge in [0.2, 0.25) is 26.0 Å². The Hall–Kier alpha value is -5.38. The Labute approximate surface area is 493 Å². The van der Waals surface area contributed by atoms with Crippen LogP contribution in [0, 0.1) is 25.5 Å². The van der Waals surface area contributed by atoms with Crippen molar-refractivity contribution in [2.75, 3.05) is 26.2 Å². The van der Waals surface area contributed by atoms with Gasteiger partial charge in [-0.05, 0) is 73.5 Å². The van der Waals surface area contributed by atoms with Gasteiger partial charge in [0, 0.05) is 77.5 Å². The number of rotatable bonds is 11. The molecule has 4 aromatic carbocycles. The van der Waals surface area contributed by atoms with Crippen LogP contribution in [-0.2, 0) is 68.2 Å². The predicted octanol–water partition coefficient (Wildman–Crippen LogP) is 3.97. The molecule has 6 aromatic rings. The molecular weight excluding hydrogens is 1160 g/mol. The zero-order valence-electron chi connectivity index (χ0n) is 44.8. The minimum absolute atomic E-state index is 0. The van der Waals surface area contributed by atoms with Gasteiger partial charge in [-0.1, -0.05) is 59.7 Å². The number of nitrogens with one attached hydrogen (secondary N) is 1. The molecule has 3 radical (unpaired) electrons. The Morgan fingerprint density at radius 2 is 1.17 bits per heavy atom. The fraction of sp³-hybridized carbons (Fsp3) is 0.320. The maximum absolute atomic E-state index is 14.9. The first kappa shape index (κ1) is 71.7. The second kappa shape index (κ2) is 33.1. The summed E-state index contributed by atoms with van der Waals surface area (Å²) in [5, 5.41) is 21.3. The van der Waals surface area contributed by atoms with Gasteiger partial charge in [-0.2, -0.15) is 10.2 Å². The fourth-order valence-electron chi connectivity index (χ4n) is 7.37. The summed E-state index contributed by atoms with van der Waals surface area (Å²) in [5.41, 5.74) is 6.12. The maximum atomic E-state index is 14.9. The summed E-state index contributed by atoms with van der Waals surface area (Å²) >= 11 is 0. The van der Waals surface area contributed by atoms with E-state index in [-0.39, 0.29) is 95.4 Å². The zero-order chi connectivity index (χ0) is 60.2. The largest absolute Gasteiger partial charge is 1.00 e. The molecule has 4 heterocycles. The molecule has 8 rings (SSSR count). The maximum Gasteiger partial charge on any atom is 1.00 e. The number of primary sulfonamides is 2. The van der Waals surface area contributed by atoms with Gasteiger partial charge in [0.15, 0.2) is 6.29 Å². The summed E-state index contributed by atoms with van der Waals surface area (Å²) in [7, 11) is 1.36. The van der Waals surface area contributed by atoms with Crippen LogP contribution >= 0.6 is 17.9 Å². The molecule has 0 aliphatic carbocycles. The summed E-state index contributed by atoms with van der Waals surface area (Å²) in [6.07, 6.45) is 1.24. The molecule has 2 aromatic heterocycles. The van der Waals surface area contributed by atoms with E-state index >= 15 is 0 Å². The number of carbonyl (C=O) groups excluding carboxylic acids is 4. The van der Waals surface area contributed by atoms with Crippen molar-refractivity contribution in [2.45, 2.75) is 88.5 Å². The third kappa shape index (κ3) is 24.9. The molecule has 19 nitrogen and oxygen atoms in total. The minimum Gasteiger partial charge on any atom is -0.793 e. The van der Waals surface area contributed by atoms with E-state index in [0.717, 1.165) is 48.2 Å². The van der Waals surface area contributed by atoms with Crippen molar-refractivity contribution in [3.05, 3.63) is 154 Å². The third-order valence-electron chi connectivity index (χ3n) is 10.8. The molecule has 1 atom stereocenters. The Morgan fingerprint density at radius 1 is 0.716 bits per heavy atom. The van der Waals surface area contributed by atoms with Crippen LogP contribution in [0.1, 0.15) is 83.4 Å². The second-order valence-corrected chi connectivity index (χ2v) is 20.8. The quantitative estimate of drug-likeness (QED) is 0.0414. The van der Waals surface area contributed by atoms with Crippen LogP contribution in [0.2, 0.25) is 0 Å². The summed E-state index contributed by atoms with van der Waals surface area (Å²) in [4.78, 5) is 48.8. The number of sulfonamides is 2. The smallest absolute Gasteiger partial charge is 0.793 e. The van der Waals surface area contributed by atoms with E-state index in [1.807, 2.05) is 62.4 Å². The van der Waals surface area contributed by atoms with Crippen LogP contribution in [0.5, 0.6) is 0 Å². The first-order valence-corrected chi connectivity index (χ1v) is 28.9. The Morgan fingerprint density at radius 3 is 1.51 bits per heavy atom. The molecule has 0 saturated carbocycles. The van der Waals surface area contributed by atoms with Crippen LogP contribution in [0.15, 0.2) is 107 Å². The third-order valence-corrected chi connectivity index (χ3v) is 12.6. The Kier molecular flexibility index (Phi) is 29.3. The van der Waals surface area contributed by atoms with E-state index in [9.17, 15) is 62.4 Å². The molecule has 1 unspecified atom stereocenters. The molecule has 433 valence electrons. The fourth-order valence-corrected chi connectivity index (χ4v) is 8.42. The second-order valence-electron chi connectivity index (χ2n) is 17.6. The van der Waals surface area contributed by atoms with Crippen LogP contribution < -0.4 is 45.2 Å². The van der Waals surface area contributed by atoms with Gasteiger partial charge in [-0.15, -0.1) is 0 Å². The average Bonchev–Trinajstić information content (AvgIpc) is 4.20. The number of benzene rings is 4. The van der Waals surface area contributed by atoms with Crippen molar-refractivity contribution in [3.8, 4) is 11.4 Å². The van der Waals surface area contributed by atoms with Gasteiger partial charge in [-0.25, -0.2) is 82.2 Å². The number of aromatic nitrogens is 4. The molecule has 2 aliphatic heterocycles. The molecular formula is C50H58BF6N8NaO11P2S2-. The number of nitrogens with two attached hydrogens (primary N) is 2. The van der Waals surface area contributed by atoms with Crippen LogP contribution in [-0.4, -0.2) is 112 Å². The molecule has 0 spiro atoms. The SMILES string of the molecule is CC(=O)OOC(C)=O.Cc1cccc(Cc2cc(C=O)nn2-c2ccc(S(N)(=O)=O)cc2F)c1.Cc1cccc(Cc2cc(CN3CCC(F)(F)C3)nn2-c2ccc(S(N)(=O)=O)cc2F)c1.FC1(F)CCNC1.[B-]OC(C)=O.[Na+].[PH-]P. The average molecular weight is 1220 g/mol. The summed E-state index contributed by atoms with van der Waals surface area (Å²) in [6, 6.07) is 25.6. The van der Waals surface area contributed by atoms with E-state index in [1.165, 1.54) is 40.6 Å². The molecule has 5 N–H and O–H groups in total. The van der Waals surface area contributed by atoms with Gasteiger partial charge in [0.25, 0.3) is 11.8 Å². The number of aldehydes is 1. The molecule has 2 fully saturated rings. The molecule has 0 bridgehead atoms. The molecule has 2 aliphatic rings. The van der Waals surface area contributed by atoms with Crippen molar-refractivity contribution >= 4 is 70.1 Å². The number of carbonyl (C=O) groups is 4. The Bertz CT molecular complexity index is 3310. The monoisotopic (exact) mass is 1220 g/mol. The number of halogens is 6. The van der Waals surface area contributed by atoms with E-state index in [1.54, 1.807) is 17.0 Å². The minimum atomic E-state index is -4.06. The van der Waals surface area contributed by atoms with Gasteiger partial charge in [0.1, 0.15) is 28.7 Å². The zero-order valence-corrected chi connectivity index (χ0v) is 50.6. The molecule has 0 amide bonds. The number of hydrogen-bond acceptors (Lipinski definition) is 15. The van der Waals surface area contributed by atoms with Crippen molar-refractivity contribution in [1.82, 2.24) is 29.8 Å². The number of aryl methyl sites for hydroxylation is 2. The van der Waals surface area contributed by atoms with E-state index in [0.29, 0.717) is 42.8 Å². The standard InChI is InChI=1S/C22H23F3N4O2S.C18H16FN3O3S.C4H7F2N.C4H6O4.C2H3BO2.Na.H3P2/c1-15-3-2-4-16(9-15)10-18-11-17(13-28-8-7-22(24,25)14-28)27-29(18)21-6-5-19(12-20(21)23)32(26,30)31;1-12-3-2-4-13(7-12)8-15-9-14(11-23)21-22(15)18-6-5-16(10-17(18)19)26(20,24)25;5-4(6)1-2-7-3-4;1-3(5)7-8-4(2)6;1-2(4)5-3;;1-2/h2-6,9,11-12H,7-8,10,13-14H2,1H3,(H2,26,30,31);2-7,9-11H,8H2,1H3,(H2,20,24,25);7H,1-3H2;1-2H3;1H3;;1H,2H2/q;;;;-1;+1;-1. The van der Waals surface area contributed by atoms with Gasteiger partial charge >= 0.3 is 41.5 Å². The predicted molar refractivity (Wildman–Crippen MR) is 289 cm³/mol.